The molecular weight excluding hydrogens is 459 g/mol. The van der Waals surface area contributed by atoms with Crippen LogP contribution in [0.4, 0.5) is 22.0 Å². The van der Waals surface area contributed by atoms with Crippen molar-refractivity contribution in [1.29, 1.82) is 0 Å². The van der Waals surface area contributed by atoms with Crippen LogP contribution in [0.15, 0.2) is 42.7 Å². The minimum atomic E-state index is -4.81. The first kappa shape index (κ1) is 24.3. The Kier molecular flexibility index (Phi) is 7.01. The molecule has 1 atom stereocenters. The molecule has 182 valence electrons. The van der Waals surface area contributed by atoms with E-state index in [1.54, 1.807) is 12.3 Å². The van der Waals surface area contributed by atoms with Crippen LogP contribution in [0, 0.1) is 11.6 Å². The second-order valence-corrected chi connectivity index (χ2v) is 8.30. The zero-order chi connectivity index (χ0) is 24.5. The van der Waals surface area contributed by atoms with Crippen LogP contribution in [0.3, 0.4) is 0 Å². The third kappa shape index (κ3) is 5.13. The standard InChI is InChI=1S/C24H23F5N2O3/c25-21-2-1-14(9-20(21)24(27,28)29)34-15-7-13(8-15)31-12-19-16-3-5-30-11-18(16)17(10-22(19)26)23(33)4-6-32/h1-3,5,9-11,13,15,23,31-33H,4,6-8,12H2/t13?,15?,23-/m0/s1. The number of hydrogen-bond donors (Lipinski definition) is 3. The molecule has 3 aromatic rings. The third-order valence-corrected chi connectivity index (χ3v) is 6.00. The van der Waals surface area contributed by atoms with Crippen molar-refractivity contribution in [3.05, 3.63) is 71.1 Å². The molecule has 3 N–H and O–H groups in total. The topological polar surface area (TPSA) is 74.6 Å². The Balaban J connectivity index is 1.39. The van der Waals surface area contributed by atoms with E-state index in [9.17, 15) is 27.1 Å². The average molecular weight is 482 g/mol. The molecule has 1 saturated carbocycles. The number of pyridine rings is 1. The maximum atomic E-state index is 14.9. The highest BCUT2D eigenvalue weighted by Crippen LogP contribution is 2.35. The van der Waals surface area contributed by atoms with E-state index in [0.29, 0.717) is 40.8 Å². The first-order chi connectivity index (χ1) is 16.2. The second kappa shape index (κ2) is 9.81. The summed E-state index contributed by atoms with van der Waals surface area (Å²) < 4.78 is 72.5. The summed E-state index contributed by atoms with van der Waals surface area (Å²) >= 11 is 0. The predicted octanol–water partition coefficient (Wildman–Crippen LogP) is 4.65. The number of aliphatic hydroxyl groups is 2. The van der Waals surface area contributed by atoms with E-state index >= 15 is 0 Å². The Morgan fingerprint density at radius 3 is 2.56 bits per heavy atom. The molecule has 0 spiro atoms. The van der Waals surface area contributed by atoms with Gasteiger partial charge in [0.2, 0.25) is 0 Å². The molecule has 2 aromatic carbocycles. The van der Waals surface area contributed by atoms with Gasteiger partial charge in [0.05, 0.1) is 11.7 Å². The Bertz CT molecular complexity index is 1170. The number of alkyl halides is 3. The number of aliphatic hydroxyl groups excluding tert-OH is 2. The fourth-order valence-corrected chi connectivity index (χ4v) is 4.11. The van der Waals surface area contributed by atoms with E-state index in [1.165, 1.54) is 12.3 Å². The molecule has 4 rings (SSSR count). The van der Waals surface area contributed by atoms with Crippen LogP contribution in [-0.4, -0.2) is 33.9 Å². The van der Waals surface area contributed by atoms with Gasteiger partial charge in [-0.25, -0.2) is 8.78 Å². The molecular formula is C24H23F5N2O3. The monoisotopic (exact) mass is 482 g/mol. The summed E-state index contributed by atoms with van der Waals surface area (Å²) in [6, 6.07) is 5.41. The molecule has 5 nitrogen and oxygen atoms in total. The molecule has 10 heteroatoms. The van der Waals surface area contributed by atoms with Crippen LogP contribution < -0.4 is 10.1 Å². The van der Waals surface area contributed by atoms with Gasteiger partial charge in [-0.3, -0.25) is 4.98 Å². The Morgan fingerprint density at radius 2 is 1.85 bits per heavy atom. The Hall–Kier alpha value is -2.82. The summed E-state index contributed by atoms with van der Waals surface area (Å²) in [5.74, 6) is -1.91. The molecule has 0 amide bonds. The normalized spacial score (nSPS) is 19.1. The molecule has 34 heavy (non-hydrogen) atoms. The van der Waals surface area contributed by atoms with Crippen molar-refractivity contribution in [2.75, 3.05) is 6.61 Å². The molecule has 0 aliphatic heterocycles. The van der Waals surface area contributed by atoms with Gasteiger partial charge in [-0.15, -0.1) is 0 Å². The largest absolute Gasteiger partial charge is 0.490 e. The minimum absolute atomic E-state index is 0.0384. The van der Waals surface area contributed by atoms with Crippen LogP contribution in [0.2, 0.25) is 0 Å². The van der Waals surface area contributed by atoms with E-state index in [1.807, 2.05) is 0 Å². The van der Waals surface area contributed by atoms with Crippen molar-refractivity contribution in [2.24, 2.45) is 0 Å². The lowest BCUT2D eigenvalue weighted by atomic mass is 9.88. The van der Waals surface area contributed by atoms with Crippen molar-refractivity contribution in [3.8, 4) is 5.75 Å². The van der Waals surface area contributed by atoms with E-state index in [-0.39, 0.29) is 37.5 Å². The lowest BCUT2D eigenvalue weighted by Crippen LogP contribution is -2.46. The number of halogens is 5. The zero-order valence-corrected chi connectivity index (χ0v) is 17.9. The predicted molar refractivity (Wildman–Crippen MR) is 114 cm³/mol. The van der Waals surface area contributed by atoms with Gasteiger partial charge in [-0.1, -0.05) is 0 Å². The van der Waals surface area contributed by atoms with E-state index < -0.39 is 29.5 Å². The summed E-state index contributed by atoms with van der Waals surface area (Å²) in [5, 5.41) is 23.8. The number of fused-ring (bicyclic) bond motifs is 1. The van der Waals surface area contributed by atoms with Gasteiger partial charge < -0.3 is 20.3 Å². The maximum Gasteiger partial charge on any atom is 0.419 e. The highest BCUT2D eigenvalue weighted by molar-refractivity contribution is 5.88. The second-order valence-electron chi connectivity index (χ2n) is 8.30. The number of rotatable bonds is 8. The van der Waals surface area contributed by atoms with Crippen LogP contribution >= 0.6 is 0 Å². The van der Waals surface area contributed by atoms with Crippen molar-refractivity contribution >= 4 is 10.8 Å². The summed E-state index contributed by atoms with van der Waals surface area (Å²) in [5.41, 5.74) is -0.619. The van der Waals surface area contributed by atoms with E-state index in [4.69, 9.17) is 9.84 Å². The summed E-state index contributed by atoms with van der Waals surface area (Å²) in [4.78, 5) is 4.06. The lowest BCUT2D eigenvalue weighted by Gasteiger charge is -2.36. The van der Waals surface area contributed by atoms with Gasteiger partial charge in [0, 0.05) is 49.0 Å². The minimum Gasteiger partial charge on any atom is -0.490 e. The molecule has 0 saturated heterocycles. The van der Waals surface area contributed by atoms with Gasteiger partial charge in [0.1, 0.15) is 23.5 Å². The fourth-order valence-electron chi connectivity index (χ4n) is 4.11. The average Bonchev–Trinajstić information content (AvgIpc) is 2.76. The van der Waals surface area contributed by atoms with Crippen molar-refractivity contribution in [1.82, 2.24) is 10.3 Å². The molecule has 1 fully saturated rings. The lowest BCUT2D eigenvalue weighted by molar-refractivity contribution is -0.140. The van der Waals surface area contributed by atoms with E-state index in [0.717, 1.165) is 12.1 Å². The quantitative estimate of drug-likeness (QED) is 0.408. The van der Waals surface area contributed by atoms with Gasteiger partial charge in [-0.2, -0.15) is 13.2 Å². The number of benzene rings is 2. The molecule has 1 aliphatic carbocycles. The first-order valence-corrected chi connectivity index (χ1v) is 10.8. The first-order valence-electron chi connectivity index (χ1n) is 10.8. The molecule has 1 aliphatic rings. The number of ether oxygens (including phenoxy) is 1. The Labute approximate surface area is 192 Å². The van der Waals surface area contributed by atoms with Crippen molar-refractivity contribution in [3.63, 3.8) is 0 Å². The third-order valence-electron chi connectivity index (χ3n) is 6.00. The molecule has 0 bridgehead atoms. The van der Waals surface area contributed by atoms with Crippen LogP contribution in [-0.2, 0) is 12.7 Å². The van der Waals surface area contributed by atoms with Gasteiger partial charge in [-0.05, 0) is 54.1 Å². The molecule has 1 heterocycles. The SMILES string of the molecule is OCC[C@H](O)c1cc(F)c(CNC2CC(Oc3ccc(F)c(C(F)(F)F)c3)C2)c2ccncc12. The number of nitrogens with one attached hydrogen (secondary N) is 1. The van der Waals surface area contributed by atoms with Gasteiger partial charge in [0.25, 0.3) is 0 Å². The van der Waals surface area contributed by atoms with Gasteiger partial charge in [0.15, 0.2) is 0 Å². The summed E-state index contributed by atoms with van der Waals surface area (Å²) in [7, 11) is 0. The molecule has 0 unspecified atom stereocenters. The van der Waals surface area contributed by atoms with Crippen LogP contribution in [0.5, 0.6) is 5.75 Å². The number of hydrogen-bond acceptors (Lipinski definition) is 5. The molecule has 1 aromatic heterocycles. The molecule has 0 radical (unpaired) electrons. The number of nitrogens with zero attached hydrogens (tertiary/aromatic N) is 1. The van der Waals surface area contributed by atoms with Crippen molar-refractivity contribution < 1.29 is 36.9 Å². The fraction of sp³-hybridized carbons (Fsp3) is 0.375. The Morgan fingerprint density at radius 1 is 1.09 bits per heavy atom. The number of aromatic nitrogens is 1. The van der Waals surface area contributed by atoms with Crippen LogP contribution in [0.1, 0.15) is 42.1 Å². The van der Waals surface area contributed by atoms with Crippen molar-refractivity contribution in [2.45, 2.75) is 50.2 Å². The summed E-state index contributed by atoms with van der Waals surface area (Å²) in [6.45, 7) is -0.0525. The maximum absolute atomic E-state index is 14.9. The summed E-state index contributed by atoms with van der Waals surface area (Å²) in [6.07, 6.45) is -2.05. The smallest absolute Gasteiger partial charge is 0.419 e. The van der Waals surface area contributed by atoms with Crippen LogP contribution in [0.25, 0.3) is 10.8 Å². The highest BCUT2D eigenvalue weighted by atomic mass is 19.4. The van der Waals surface area contributed by atoms with E-state index in [2.05, 4.69) is 10.3 Å². The zero-order valence-electron chi connectivity index (χ0n) is 17.9. The highest BCUT2D eigenvalue weighted by Gasteiger charge is 2.36. The van der Waals surface area contributed by atoms with Gasteiger partial charge >= 0.3 is 6.18 Å².